The van der Waals surface area contributed by atoms with Crippen LogP contribution in [-0.4, -0.2) is 16.6 Å². The van der Waals surface area contributed by atoms with Crippen LogP contribution < -0.4 is 9.47 Å². The fourth-order valence-electron chi connectivity index (χ4n) is 2.36. The quantitative estimate of drug-likeness (QED) is 0.859. The first-order chi connectivity index (χ1) is 9.69. The third kappa shape index (κ3) is 2.29. The average Bonchev–Trinajstić information content (AvgIpc) is 2.46. The van der Waals surface area contributed by atoms with E-state index in [9.17, 15) is 0 Å². The topological polar surface area (TPSA) is 47.1 Å². The van der Waals surface area contributed by atoms with Gasteiger partial charge in [0.1, 0.15) is 11.2 Å². The Balaban J connectivity index is 1.94. The molecule has 5 heteroatoms. The summed E-state index contributed by atoms with van der Waals surface area (Å²) in [6.07, 6.45) is 0.621. The largest absolute Gasteiger partial charge is 0.485 e. The number of ether oxygens (including phenoxy) is 2. The van der Waals surface area contributed by atoms with Gasteiger partial charge in [0.05, 0.1) is 0 Å². The van der Waals surface area contributed by atoms with Gasteiger partial charge >= 0.3 is 0 Å². The maximum Gasteiger partial charge on any atom is 0.190 e. The first-order valence-corrected chi connectivity index (χ1v) is 7.08. The second-order valence-electron chi connectivity index (χ2n) is 4.75. The number of nitrogens with one attached hydrogen (secondary N) is 1. The van der Waals surface area contributed by atoms with Gasteiger partial charge in [-0.1, -0.05) is 31.3 Å². The molecule has 0 aliphatic carbocycles. The molecule has 3 rings (SSSR count). The van der Waals surface area contributed by atoms with Gasteiger partial charge in [-0.3, -0.25) is 0 Å². The van der Waals surface area contributed by atoms with E-state index < -0.39 is 0 Å². The predicted octanol–water partition coefficient (Wildman–Crippen LogP) is 3.52. The van der Waals surface area contributed by atoms with Crippen LogP contribution in [0.25, 0.3) is 0 Å². The van der Waals surface area contributed by atoms with Gasteiger partial charge in [-0.05, 0) is 25.5 Å². The molecule has 1 atom stereocenters. The van der Waals surface area contributed by atoms with Crippen molar-refractivity contribution in [1.29, 1.82) is 0 Å². The highest BCUT2D eigenvalue weighted by Gasteiger charge is 2.24. The number of aromatic amines is 1. The van der Waals surface area contributed by atoms with E-state index in [0.717, 1.165) is 35.0 Å². The van der Waals surface area contributed by atoms with Crippen molar-refractivity contribution in [2.75, 3.05) is 6.61 Å². The molecular weight excluding hydrogens is 272 g/mol. The molecule has 1 aromatic heterocycles. The maximum absolute atomic E-state index is 5.94. The monoisotopic (exact) mass is 288 g/mol. The molecule has 1 aliphatic rings. The van der Waals surface area contributed by atoms with Crippen LogP contribution in [0.3, 0.4) is 0 Å². The van der Waals surface area contributed by atoms with Crippen molar-refractivity contribution in [3.05, 3.63) is 46.0 Å². The highest BCUT2D eigenvalue weighted by molar-refractivity contribution is 7.71. The van der Waals surface area contributed by atoms with Crippen molar-refractivity contribution in [3.8, 4) is 11.5 Å². The molecule has 2 aromatic rings. The maximum atomic E-state index is 5.94. The normalized spacial score (nSPS) is 17.0. The van der Waals surface area contributed by atoms with Gasteiger partial charge in [0, 0.05) is 11.3 Å². The zero-order valence-corrected chi connectivity index (χ0v) is 12.3. The zero-order chi connectivity index (χ0) is 14.1. The van der Waals surface area contributed by atoms with E-state index in [4.69, 9.17) is 21.7 Å². The molecule has 0 radical (unpaired) electrons. The van der Waals surface area contributed by atoms with Crippen LogP contribution >= 0.6 is 12.2 Å². The minimum absolute atomic E-state index is 0.254. The van der Waals surface area contributed by atoms with Gasteiger partial charge in [-0.15, -0.1) is 0 Å². The number of nitrogens with zero attached hydrogens (tertiary/aromatic N) is 1. The Kier molecular flexibility index (Phi) is 3.44. The Morgan fingerprint density at radius 1 is 1.35 bits per heavy atom. The van der Waals surface area contributed by atoms with E-state index in [1.54, 1.807) is 0 Å². The smallest absolute Gasteiger partial charge is 0.190 e. The van der Waals surface area contributed by atoms with Crippen LogP contribution in [0.1, 0.15) is 30.1 Å². The SMILES string of the molecule is CCc1c(C)[nH]c(C2COc3ccccc3O2)nc1=S. The van der Waals surface area contributed by atoms with Crippen LogP contribution in [-0.2, 0) is 6.42 Å². The summed E-state index contributed by atoms with van der Waals surface area (Å²) in [7, 11) is 0. The van der Waals surface area contributed by atoms with E-state index in [2.05, 4.69) is 16.9 Å². The number of hydrogen-bond donors (Lipinski definition) is 1. The number of aromatic nitrogens is 2. The Morgan fingerprint density at radius 2 is 2.10 bits per heavy atom. The number of rotatable bonds is 2. The summed E-state index contributed by atoms with van der Waals surface area (Å²) in [5, 5.41) is 0. The molecule has 2 heterocycles. The third-order valence-corrected chi connectivity index (χ3v) is 3.75. The van der Waals surface area contributed by atoms with Gasteiger partial charge in [0.15, 0.2) is 23.4 Å². The van der Waals surface area contributed by atoms with E-state index in [-0.39, 0.29) is 6.10 Å². The summed E-state index contributed by atoms with van der Waals surface area (Å²) in [6.45, 7) is 4.52. The molecule has 0 bridgehead atoms. The van der Waals surface area contributed by atoms with Gasteiger partial charge in [0.2, 0.25) is 0 Å². The minimum atomic E-state index is -0.254. The lowest BCUT2D eigenvalue weighted by Crippen LogP contribution is -2.24. The molecule has 1 N–H and O–H groups in total. The summed E-state index contributed by atoms with van der Waals surface area (Å²) in [5.74, 6) is 2.23. The summed E-state index contributed by atoms with van der Waals surface area (Å²) in [5.41, 5.74) is 2.13. The number of H-pyrrole nitrogens is 1. The molecule has 104 valence electrons. The highest BCUT2D eigenvalue weighted by Crippen LogP contribution is 2.35. The van der Waals surface area contributed by atoms with Gasteiger partial charge in [-0.25, -0.2) is 4.98 Å². The second kappa shape index (κ2) is 5.25. The summed E-state index contributed by atoms with van der Waals surface area (Å²) in [4.78, 5) is 7.74. The van der Waals surface area contributed by atoms with Crippen LogP contribution in [0.2, 0.25) is 0 Å². The molecular formula is C15H16N2O2S. The lowest BCUT2D eigenvalue weighted by molar-refractivity contribution is 0.0848. The van der Waals surface area contributed by atoms with E-state index in [0.29, 0.717) is 11.2 Å². The molecule has 0 spiro atoms. The van der Waals surface area contributed by atoms with Crippen molar-refractivity contribution in [3.63, 3.8) is 0 Å². The van der Waals surface area contributed by atoms with Crippen LogP contribution in [0.4, 0.5) is 0 Å². The zero-order valence-electron chi connectivity index (χ0n) is 11.5. The molecule has 0 saturated heterocycles. The van der Waals surface area contributed by atoms with Crippen molar-refractivity contribution < 1.29 is 9.47 Å². The van der Waals surface area contributed by atoms with Crippen molar-refractivity contribution in [1.82, 2.24) is 9.97 Å². The molecule has 0 amide bonds. The lowest BCUT2D eigenvalue weighted by atomic mass is 10.2. The van der Waals surface area contributed by atoms with Crippen LogP contribution in [0, 0.1) is 11.6 Å². The predicted molar refractivity (Wildman–Crippen MR) is 78.8 cm³/mol. The number of benzene rings is 1. The molecule has 1 aliphatic heterocycles. The number of hydrogen-bond acceptors (Lipinski definition) is 4. The van der Waals surface area contributed by atoms with E-state index >= 15 is 0 Å². The Hall–Kier alpha value is -1.88. The Bertz CT molecular complexity index is 697. The first-order valence-electron chi connectivity index (χ1n) is 6.67. The molecule has 0 saturated carbocycles. The van der Waals surface area contributed by atoms with E-state index in [1.807, 2.05) is 31.2 Å². The third-order valence-electron chi connectivity index (χ3n) is 3.42. The molecule has 20 heavy (non-hydrogen) atoms. The standard InChI is InChI=1S/C15H16N2O2S/c1-3-10-9(2)16-14(17-15(10)20)13-8-18-11-6-4-5-7-12(11)19-13/h4-7,13H,3,8H2,1-2H3,(H,16,17,20). The molecule has 1 aromatic carbocycles. The number of para-hydroxylation sites is 2. The van der Waals surface area contributed by atoms with Crippen molar-refractivity contribution in [2.45, 2.75) is 26.4 Å². The minimum Gasteiger partial charge on any atom is -0.485 e. The summed E-state index contributed by atoms with van der Waals surface area (Å²) >= 11 is 5.35. The summed E-state index contributed by atoms with van der Waals surface area (Å²) < 4.78 is 12.3. The lowest BCUT2D eigenvalue weighted by Gasteiger charge is -2.26. The van der Waals surface area contributed by atoms with Gasteiger partial charge < -0.3 is 14.5 Å². The fourth-order valence-corrected chi connectivity index (χ4v) is 2.75. The Morgan fingerprint density at radius 3 is 2.80 bits per heavy atom. The second-order valence-corrected chi connectivity index (χ2v) is 5.14. The van der Waals surface area contributed by atoms with E-state index in [1.165, 1.54) is 0 Å². The number of fused-ring (bicyclic) bond motifs is 1. The van der Waals surface area contributed by atoms with Crippen molar-refractivity contribution in [2.24, 2.45) is 0 Å². The average molecular weight is 288 g/mol. The molecule has 4 nitrogen and oxygen atoms in total. The summed E-state index contributed by atoms with van der Waals surface area (Å²) in [6, 6.07) is 7.64. The van der Waals surface area contributed by atoms with Crippen molar-refractivity contribution >= 4 is 12.2 Å². The van der Waals surface area contributed by atoms with Gasteiger partial charge in [-0.2, -0.15) is 0 Å². The fraction of sp³-hybridized carbons (Fsp3) is 0.333. The molecule has 1 unspecified atom stereocenters. The van der Waals surface area contributed by atoms with Gasteiger partial charge in [0.25, 0.3) is 0 Å². The molecule has 0 fully saturated rings. The number of aryl methyl sites for hydroxylation is 1. The highest BCUT2D eigenvalue weighted by atomic mass is 32.1. The Labute approximate surface area is 122 Å². The first kappa shape index (κ1) is 13.1. The van der Waals surface area contributed by atoms with Crippen LogP contribution in [0.5, 0.6) is 11.5 Å². The van der Waals surface area contributed by atoms with Crippen LogP contribution in [0.15, 0.2) is 24.3 Å².